The van der Waals surface area contributed by atoms with Crippen LogP contribution in [-0.4, -0.2) is 50.9 Å². The van der Waals surface area contributed by atoms with E-state index in [1.807, 2.05) is 13.8 Å². The molecule has 172 valence electrons. The molecule has 0 spiro atoms. The zero-order valence-corrected chi connectivity index (χ0v) is 19.5. The van der Waals surface area contributed by atoms with Gasteiger partial charge in [-0.05, 0) is 44.2 Å². The van der Waals surface area contributed by atoms with Crippen LogP contribution in [0.2, 0.25) is 5.02 Å². The molecular weight excluding hydrogens is 466 g/mol. The molecule has 0 aliphatic heterocycles. The smallest absolute Gasteiger partial charge is 0.339 e. The van der Waals surface area contributed by atoms with Crippen LogP contribution in [0.5, 0.6) is 0 Å². The Morgan fingerprint density at radius 2 is 1.94 bits per heavy atom. The average molecular weight is 488 g/mol. The summed E-state index contributed by atoms with van der Waals surface area (Å²) in [7, 11) is 0. The van der Waals surface area contributed by atoms with E-state index >= 15 is 0 Å². The fraction of sp³-hybridized carbons (Fsp3) is 0.227. The van der Waals surface area contributed by atoms with Gasteiger partial charge in [-0.15, -0.1) is 11.8 Å². The Morgan fingerprint density at radius 3 is 2.67 bits per heavy atom. The first-order chi connectivity index (χ1) is 15.8. The summed E-state index contributed by atoms with van der Waals surface area (Å²) in [6.07, 6.45) is 2.85. The standard InChI is InChI=1S/C22H22ClN5O4S/c1-14(2)26-21(30)11-33-19-6-4-3-5-16(19)22(31)32-10-20(29)27-17-9-15(23)7-8-18(17)28-13-24-12-25-28/h3-9,12-14H,10-11H2,1-2H3,(H,26,30)(H,27,29). The summed E-state index contributed by atoms with van der Waals surface area (Å²) in [5, 5.41) is 9.93. The Labute approximate surface area is 199 Å². The maximum atomic E-state index is 12.6. The molecule has 1 heterocycles. The highest BCUT2D eigenvalue weighted by atomic mass is 35.5. The van der Waals surface area contributed by atoms with Crippen molar-refractivity contribution < 1.29 is 19.1 Å². The molecule has 0 aliphatic rings. The number of carbonyl (C=O) groups is 3. The van der Waals surface area contributed by atoms with E-state index in [1.54, 1.807) is 42.5 Å². The van der Waals surface area contributed by atoms with E-state index in [-0.39, 0.29) is 23.3 Å². The van der Waals surface area contributed by atoms with Crippen LogP contribution in [0, 0.1) is 0 Å². The van der Waals surface area contributed by atoms with Crippen molar-refractivity contribution in [2.45, 2.75) is 24.8 Å². The van der Waals surface area contributed by atoms with E-state index in [2.05, 4.69) is 20.7 Å². The minimum Gasteiger partial charge on any atom is -0.452 e. The summed E-state index contributed by atoms with van der Waals surface area (Å²) in [5.41, 5.74) is 1.22. The lowest BCUT2D eigenvalue weighted by Crippen LogP contribution is -2.31. The number of halogens is 1. The first kappa shape index (κ1) is 24.3. The number of nitrogens with zero attached hydrogens (tertiary/aromatic N) is 3. The molecule has 0 radical (unpaired) electrons. The van der Waals surface area contributed by atoms with Crippen LogP contribution in [-0.2, 0) is 14.3 Å². The van der Waals surface area contributed by atoms with Crippen LogP contribution in [0.3, 0.4) is 0 Å². The lowest BCUT2D eigenvalue weighted by molar-refractivity contribution is -0.119. The molecule has 11 heteroatoms. The zero-order chi connectivity index (χ0) is 23.8. The maximum absolute atomic E-state index is 12.6. The van der Waals surface area contributed by atoms with Gasteiger partial charge in [-0.1, -0.05) is 23.7 Å². The molecule has 0 fully saturated rings. The normalized spacial score (nSPS) is 10.7. The van der Waals surface area contributed by atoms with Gasteiger partial charge in [0.25, 0.3) is 5.91 Å². The second kappa shape index (κ2) is 11.5. The van der Waals surface area contributed by atoms with Crippen molar-refractivity contribution in [3.63, 3.8) is 0 Å². The molecule has 0 unspecified atom stereocenters. The third-order valence-electron chi connectivity index (χ3n) is 4.15. The number of anilines is 1. The number of esters is 1. The summed E-state index contributed by atoms with van der Waals surface area (Å²) < 4.78 is 6.68. The molecule has 0 atom stereocenters. The van der Waals surface area contributed by atoms with Crippen molar-refractivity contribution in [1.29, 1.82) is 0 Å². The third-order valence-corrected chi connectivity index (χ3v) is 5.46. The number of amides is 2. The van der Waals surface area contributed by atoms with E-state index in [0.717, 1.165) is 0 Å². The van der Waals surface area contributed by atoms with E-state index < -0.39 is 18.5 Å². The molecule has 3 aromatic rings. The van der Waals surface area contributed by atoms with E-state index in [0.29, 0.717) is 21.3 Å². The number of hydrogen-bond donors (Lipinski definition) is 2. The molecule has 0 saturated carbocycles. The number of hydrogen-bond acceptors (Lipinski definition) is 7. The van der Waals surface area contributed by atoms with Gasteiger partial charge in [-0.25, -0.2) is 14.5 Å². The minimum atomic E-state index is -0.667. The molecule has 0 saturated heterocycles. The highest BCUT2D eigenvalue weighted by molar-refractivity contribution is 8.00. The monoisotopic (exact) mass is 487 g/mol. The van der Waals surface area contributed by atoms with Crippen LogP contribution in [0.15, 0.2) is 60.0 Å². The van der Waals surface area contributed by atoms with E-state index in [1.165, 1.54) is 29.1 Å². The summed E-state index contributed by atoms with van der Waals surface area (Å²) in [4.78, 5) is 41.4. The van der Waals surface area contributed by atoms with Gasteiger partial charge in [-0.2, -0.15) is 5.10 Å². The van der Waals surface area contributed by atoms with Crippen molar-refractivity contribution >= 4 is 46.8 Å². The fourth-order valence-electron chi connectivity index (χ4n) is 2.80. The van der Waals surface area contributed by atoms with Crippen LogP contribution in [0.4, 0.5) is 5.69 Å². The van der Waals surface area contributed by atoms with Crippen LogP contribution >= 0.6 is 23.4 Å². The number of thioether (sulfide) groups is 1. The number of rotatable bonds is 9. The van der Waals surface area contributed by atoms with Crippen LogP contribution < -0.4 is 10.6 Å². The molecule has 2 N–H and O–H groups in total. The van der Waals surface area contributed by atoms with Crippen LogP contribution in [0.1, 0.15) is 24.2 Å². The maximum Gasteiger partial charge on any atom is 0.339 e. The summed E-state index contributed by atoms with van der Waals surface area (Å²) in [5.74, 6) is -1.20. The number of nitrogens with one attached hydrogen (secondary N) is 2. The largest absolute Gasteiger partial charge is 0.452 e. The lowest BCUT2D eigenvalue weighted by atomic mass is 10.2. The molecule has 2 aromatic carbocycles. The Balaban J connectivity index is 1.61. The van der Waals surface area contributed by atoms with E-state index in [4.69, 9.17) is 16.3 Å². The van der Waals surface area contributed by atoms with E-state index in [9.17, 15) is 14.4 Å². The molecule has 33 heavy (non-hydrogen) atoms. The van der Waals surface area contributed by atoms with Gasteiger partial charge in [0.05, 0.1) is 22.7 Å². The highest BCUT2D eigenvalue weighted by Crippen LogP contribution is 2.25. The van der Waals surface area contributed by atoms with Gasteiger partial charge in [-0.3, -0.25) is 9.59 Å². The average Bonchev–Trinajstić information content (AvgIpc) is 3.30. The second-order valence-electron chi connectivity index (χ2n) is 7.13. The Hall–Kier alpha value is -3.37. The van der Waals surface area contributed by atoms with Crippen molar-refractivity contribution in [2.24, 2.45) is 0 Å². The number of ether oxygens (including phenoxy) is 1. The highest BCUT2D eigenvalue weighted by Gasteiger charge is 2.17. The third kappa shape index (κ3) is 7.06. The summed E-state index contributed by atoms with van der Waals surface area (Å²) in [6, 6.07) is 11.7. The molecular formula is C22H22ClN5O4S. The van der Waals surface area contributed by atoms with Gasteiger partial charge < -0.3 is 15.4 Å². The number of benzene rings is 2. The lowest BCUT2D eigenvalue weighted by Gasteiger charge is -2.12. The van der Waals surface area contributed by atoms with Gasteiger partial charge in [0.15, 0.2) is 6.61 Å². The molecule has 3 rings (SSSR count). The van der Waals surface area contributed by atoms with Crippen molar-refractivity contribution in [1.82, 2.24) is 20.1 Å². The number of carbonyl (C=O) groups excluding carboxylic acids is 3. The fourth-order valence-corrected chi connectivity index (χ4v) is 3.83. The number of aromatic nitrogens is 3. The van der Waals surface area contributed by atoms with Crippen molar-refractivity contribution in [3.05, 3.63) is 65.7 Å². The first-order valence-electron chi connectivity index (χ1n) is 9.96. The Morgan fingerprint density at radius 1 is 1.15 bits per heavy atom. The Bertz CT molecular complexity index is 1140. The molecule has 0 aliphatic carbocycles. The van der Waals surface area contributed by atoms with Gasteiger partial charge in [0.2, 0.25) is 5.91 Å². The predicted molar refractivity (Wildman–Crippen MR) is 126 cm³/mol. The first-order valence-corrected chi connectivity index (χ1v) is 11.3. The second-order valence-corrected chi connectivity index (χ2v) is 8.59. The predicted octanol–water partition coefficient (Wildman–Crippen LogP) is 3.33. The molecule has 1 aromatic heterocycles. The van der Waals surface area contributed by atoms with Gasteiger partial charge >= 0.3 is 5.97 Å². The topological polar surface area (TPSA) is 115 Å². The summed E-state index contributed by atoms with van der Waals surface area (Å²) in [6.45, 7) is 3.24. The van der Waals surface area contributed by atoms with Crippen molar-refractivity contribution in [2.75, 3.05) is 17.7 Å². The minimum absolute atomic E-state index is 0.0291. The Kier molecular flexibility index (Phi) is 8.45. The molecule has 9 nitrogen and oxygen atoms in total. The summed E-state index contributed by atoms with van der Waals surface area (Å²) >= 11 is 7.27. The zero-order valence-electron chi connectivity index (χ0n) is 17.9. The molecule has 0 bridgehead atoms. The van der Waals surface area contributed by atoms with Crippen molar-refractivity contribution in [3.8, 4) is 5.69 Å². The SMILES string of the molecule is CC(C)NC(=O)CSc1ccccc1C(=O)OCC(=O)Nc1cc(Cl)ccc1-n1cncn1. The van der Waals surface area contributed by atoms with Crippen LogP contribution in [0.25, 0.3) is 5.69 Å². The van der Waals surface area contributed by atoms with Gasteiger partial charge in [0, 0.05) is 16.0 Å². The molecule has 2 amide bonds. The van der Waals surface area contributed by atoms with Gasteiger partial charge in [0.1, 0.15) is 12.7 Å². The quantitative estimate of drug-likeness (QED) is 0.351.